The highest BCUT2D eigenvalue weighted by atomic mass is 32.2. The van der Waals surface area contributed by atoms with E-state index in [4.69, 9.17) is 4.74 Å². The maximum Gasteiger partial charge on any atom is 0.262 e. The zero-order valence-corrected chi connectivity index (χ0v) is 17.9. The van der Waals surface area contributed by atoms with Crippen molar-refractivity contribution in [2.45, 2.75) is 4.90 Å². The van der Waals surface area contributed by atoms with Gasteiger partial charge < -0.3 is 10.1 Å². The van der Waals surface area contributed by atoms with Gasteiger partial charge in [-0.25, -0.2) is 12.7 Å². The van der Waals surface area contributed by atoms with Crippen molar-refractivity contribution in [1.29, 1.82) is 0 Å². The SMILES string of the molecule is CN(C)S(=O)(=O)c1ccc(NC(=O)COc2ccc(C(=O)c3ccccc3)cc2)cc1. The Morgan fingerprint density at radius 3 is 2.00 bits per heavy atom. The Balaban J connectivity index is 1.54. The molecule has 31 heavy (non-hydrogen) atoms. The van der Waals surface area contributed by atoms with Crippen molar-refractivity contribution in [3.05, 3.63) is 90.0 Å². The van der Waals surface area contributed by atoms with E-state index in [2.05, 4.69) is 5.32 Å². The minimum Gasteiger partial charge on any atom is -0.484 e. The van der Waals surface area contributed by atoms with E-state index in [1.807, 2.05) is 6.07 Å². The van der Waals surface area contributed by atoms with Crippen LogP contribution in [0.3, 0.4) is 0 Å². The molecular weight excluding hydrogens is 416 g/mol. The summed E-state index contributed by atoms with van der Waals surface area (Å²) in [6, 6.07) is 21.4. The van der Waals surface area contributed by atoms with Crippen molar-refractivity contribution in [2.75, 3.05) is 26.0 Å². The third kappa shape index (κ3) is 5.56. The van der Waals surface area contributed by atoms with Crippen molar-refractivity contribution >= 4 is 27.4 Å². The average Bonchev–Trinajstić information content (AvgIpc) is 2.78. The summed E-state index contributed by atoms with van der Waals surface area (Å²) in [4.78, 5) is 24.7. The Hall–Kier alpha value is -3.49. The zero-order chi connectivity index (χ0) is 22.4. The van der Waals surface area contributed by atoms with E-state index in [-0.39, 0.29) is 17.3 Å². The Bertz CT molecular complexity index is 1160. The van der Waals surface area contributed by atoms with Crippen LogP contribution in [0.15, 0.2) is 83.8 Å². The van der Waals surface area contributed by atoms with Crippen molar-refractivity contribution in [1.82, 2.24) is 4.31 Å². The molecule has 0 bridgehead atoms. The molecule has 0 aromatic heterocycles. The van der Waals surface area contributed by atoms with Crippen LogP contribution in [0.4, 0.5) is 5.69 Å². The molecule has 0 fully saturated rings. The average molecular weight is 439 g/mol. The van der Waals surface area contributed by atoms with Gasteiger partial charge in [0, 0.05) is 30.9 Å². The molecular formula is C23H22N2O5S. The number of ketones is 1. The van der Waals surface area contributed by atoms with Crippen LogP contribution in [0, 0.1) is 0 Å². The summed E-state index contributed by atoms with van der Waals surface area (Å²) in [7, 11) is -0.622. The summed E-state index contributed by atoms with van der Waals surface area (Å²) in [5, 5.41) is 2.64. The standard InChI is InChI=1S/C23H22N2O5S/c1-25(2)31(28,29)21-14-10-19(11-15-21)24-22(26)16-30-20-12-8-18(9-13-20)23(27)17-6-4-3-5-7-17/h3-15H,16H2,1-2H3,(H,24,26). The van der Waals surface area contributed by atoms with Gasteiger partial charge in [-0.3, -0.25) is 9.59 Å². The quantitative estimate of drug-likeness (QED) is 0.545. The molecule has 3 aromatic carbocycles. The third-order valence-electron chi connectivity index (χ3n) is 4.44. The van der Waals surface area contributed by atoms with E-state index in [0.29, 0.717) is 22.6 Å². The summed E-state index contributed by atoms with van der Waals surface area (Å²) < 4.78 is 30.7. The Morgan fingerprint density at radius 2 is 1.42 bits per heavy atom. The maximum atomic E-state index is 12.4. The molecule has 0 aliphatic rings. The number of hydrogen-bond donors (Lipinski definition) is 1. The van der Waals surface area contributed by atoms with Crippen LogP contribution in [0.25, 0.3) is 0 Å². The molecule has 0 unspecified atom stereocenters. The predicted octanol–water partition coefficient (Wildman–Crippen LogP) is 3.19. The number of anilines is 1. The van der Waals surface area contributed by atoms with Gasteiger partial charge in [-0.05, 0) is 48.5 Å². The van der Waals surface area contributed by atoms with Crippen LogP contribution in [0.2, 0.25) is 0 Å². The smallest absolute Gasteiger partial charge is 0.262 e. The number of amides is 1. The summed E-state index contributed by atoms with van der Waals surface area (Å²) in [5.41, 5.74) is 1.57. The lowest BCUT2D eigenvalue weighted by atomic mass is 10.0. The van der Waals surface area contributed by atoms with E-state index in [1.54, 1.807) is 48.5 Å². The normalized spacial score (nSPS) is 11.2. The topological polar surface area (TPSA) is 92.8 Å². The predicted molar refractivity (Wildman–Crippen MR) is 118 cm³/mol. The molecule has 1 amide bonds. The summed E-state index contributed by atoms with van der Waals surface area (Å²) in [6.45, 7) is -0.232. The number of nitrogens with one attached hydrogen (secondary N) is 1. The van der Waals surface area contributed by atoms with Crippen molar-refractivity contribution < 1.29 is 22.7 Å². The summed E-state index contributed by atoms with van der Waals surface area (Å²) in [5.74, 6) is -0.0375. The number of nitrogens with zero attached hydrogens (tertiary/aromatic N) is 1. The first-order chi connectivity index (χ1) is 14.8. The Labute approximate surface area is 181 Å². The lowest BCUT2D eigenvalue weighted by Crippen LogP contribution is -2.22. The van der Waals surface area contributed by atoms with Gasteiger partial charge in [0.05, 0.1) is 4.90 Å². The second-order valence-corrected chi connectivity index (χ2v) is 9.02. The fourth-order valence-electron chi connectivity index (χ4n) is 2.73. The summed E-state index contributed by atoms with van der Waals surface area (Å²) >= 11 is 0. The first-order valence-corrected chi connectivity index (χ1v) is 10.9. The molecule has 8 heteroatoms. The van der Waals surface area contributed by atoms with Gasteiger partial charge in [-0.1, -0.05) is 30.3 Å². The monoisotopic (exact) mass is 438 g/mol. The van der Waals surface area contributed by atoms with Gasteiger partial charge in [0.2, 0.25) is 10.0 Å². The van der Waals surface area contributed by atoms with Crippen LogP contribution in [-0.4, -0.2) is 45.1 Å². The van der Waals surface area contributed by atoms with E-state index in [9.17, 15) is 18.0 Å². The molecule has 7 nitrogen and oxygen atoms in total. The van der Waals surface area contributed by atoms with Gasteiger partial charge in [-0.15, -0.1) is 0 Å². The van der Waals surface area contributed by atoms with Gasteiger partial charge in [-0.2, -0.15) is 0 Å². The van der Waals surface area contributed by atoms with Crippen LogP contribution < -0.4 is 10.1 Å². The maximum absolute atomic E-state index is 12.4. The second-order valence-electron chi connectivity index (χ2n) is 6.87. The molecule has 160 valence electrons. The van der Waals surface area contributed by atoms with Crippen LogP contribution >= 0.6 is 0 Å². The third-order valence-corrected chi connectivity index (χ3v) is 6.27. The van der Waals surface area contributed by atoms with E-state index >= 15 is 0 Å². The van der Waals surface area contributed by atoms with Gasteiger partial charge in [0.15, 0.2) is 12.4 Å². The van der Waals surface area contributed by atoms with Crippen LogP contribution in [-0.2, 0) is 14.8 Å². The minimum atomic E-state index is -3.52. The fourth-order valence-corrected chi connectivity index (χ4v) is 3.63. The minimum absolute atomic E-state index is 0.0929. The lowest BCUT2D eigenvalue weighted by Gasteiger charge is -2.12. The molecule has 0 saturated heterocycles. The number of carbonyl (C=O) groups excluding carboxylic acids is 2. The van der Waals surface area contributed by atoms with Gasteiger partial charge in [0.1, 0.15) is 5.75 Å². The highest BCUT2D eigenvalue weighted by molar-refractivity contribution is 7.89. The second kappa shape index (κ2) is 9.55. The van der Waals surface area contributed by atoms with E-state index in [0.717, 1.165) is 4.31 Å². The number of rotatable bonds is 8. The molecule has 3 rings (SSSR count). The highest BCUT2D eigenvalue weighted by Gasteiger charge is 2.17. The molecule has 0 spiro atoms. The van der Waals surface area contributed by atoms with Crippen LogP contribution in [0.1, 0.15) is 15.9 Å². The number of hydrogen-bond acceptors (Lipinski definition) is 5. The molecule has 0 aliphatic heterocycles. The number of ether oxygens (including phenoxy) is 1. The Morgan fingerprint density at radius 1 is 0.839 bits per heavy atom. The van der Waals surface area contributed by atoms with Crippen molar-refractivity contribution in [3.63, 3.8) is 0 Å². The molecule has 0 atom stereocenters. The number of carbonyl (C=O) groups is 2. The summed E-state index contributed by atoms with van der Waals surface area (Å²) in [6.07, 6.45) is 0. The molecule has 0 radical (unpaired) electrons. The first kappa shape index (κ1) is 22.2. The van der Waals surface area contributed by atoms with Crippen LogP contribution in [0.5, 0.6) is 5.75 Å². The molecule has 1 N–H and O–H groups in total. The van der Waals surface area contributed by atoms with Gasteiger partial charge in [0.25, 0.3) is 5.91 Å². The molecule has 3 aromatic rings. The van der Waals surface area contributed by atoms with Crippen molar-refractivity contribution in [2.24, 2.45) is 0 Å². The van der Waals surface area contributed by atoms with E-state index < -0.39 is 15.9 Å². The number of benzene rings is 3. The molecule has 0 aliphatic carbocycles. The van der Waals surface area contributed by atoms with Gasteiger partial charge >= 0.3 is 0 Å². The Kier molecular flexibility index (Phi) is 6.84. The fraction of sp³-hybridized carbons (Fsp3) is 0.130. The first-order valence-electron chi connectivity index (χ1n) is 9.42. The van der Waals surface area contributed by atoms with Crippen molar-refractivity contribution in [3.8, 4) is 5.75 Å². The lowest BCUT2D eigenvalue weighted by molar-refractivity contribution is -0.118. The number of sulfonamides is 1. The van der Waals surface area contributed by atoms with E-state index in [1.165, 1.54) is 38.4 Å². The largest absolute Gasteiger partial charge is 0.484 e. The zero-order valence-electron chi connectivity index (χ0n) is 17.1. The molecule has 0 saturated carbocycles. The highest BCUT2D eigenvalue weighted by Crippen LogP contribution is 2.18. The molecule has 0 heterocycles.